The molecule has 3 aromatic carbocycles. The van der Waals surface area contributed by atoms with Gasteiger partial charge in [-0.15, -0.1) is 11.8 Å². The van der Waals surface area contributed by atoms with Crippen molar-refractivity contribution < 1.29 is 14.9 Å². The Bertz CT molecular complexity index is 957. The number of thioether (sulfide) groups is 1. The minimum absolute atomic E-state index is 0.253. The largest absolute Gasteiger partial charge is 0.387 e. The standard InChI is InChI=1S/C29H32O3S/c1-27(30)19-18-25-20-26(27)31-32-28(25,2)21-33-29(22-12-6-3-7-13-22,23-14-8-4-9-15-23)24-16-10-5-11-17-24/h3-17,25-26,30H,18-21H2,1-2H3/t25-,26-,27-,28-/m1/s1. The predicted octanol–water partition coefficient (Wildman–Crippen LogP) is 6.35. The summed E-state index contributed by atoms with van der Waals surface area (Å²) in [6.45, 7) is 4.03. The molecule has 0 spiro atoms. The van der Waals surface area contributed by atoms with Crippen LogP contribution in [0.15, 0.2) is 91.0 Å². The van der Waals surface area contributed by atoms with E-state index in [4.69, 9.17) is 9.78 Å². The van der Waals surface area contributed by atoms with E-state index in [0.717, 1.165) is 25.0 Å². The molecule has 0 unspecified atom stereocenters. The number of hydrogen-bond acceptors (Lipinski definition) is 4. The van der Waals surface area contributed by atoms with Crippen molar-refractivity contribution in [3.05, 3.63) is 108 Å². The van der Waals surface area contributed by atoms with Gasteiger partial charge in [-0.3, -0.25) is 0 Å². The molecule has 5 rings (SSSR count). The van der Waals surface area contributed by atoms with Crippen LogP contribution in [0.3, 0.4) is 0 Å². The lowest BCUT2D eigenvalue weighted by Gasteiger charge is -2.51. The zero-order chi connectivity index (χ0) is 22.9. The van der Waals surface area contributed by atoms with E-state index < -0.39 is 11.2 Å². The minimum atomic E-state index is -0.813. The van der Waals surface area contributed by atoms with Crippen LogP contribution < -0.4 is 0 Å². The highest BCUT2D eigenvalue weighted by molar-refractivity contribution is 8.00. The summed E-state index contributed by atoms with van der Waals surface area (Å²) in [4.78, 5) is 11.9. The highest BCUT2D eigenvalue weighted by atomic mass is 32.2. The lowest BCUT2D eigenvalue weighted by atomic mass is 9.71. The number of fused-ring (bicyclic) bond motifs is 2. The molecule has 3 aromatic rings. The molecule has 1 N–H and O–H groups in total. The van der Waals surface area contributed by atoms with Crippen LogP contribution in [0.4, 0.5) is 0 Å². The van der Waals surface area contributed by atoms with Crippen molar-refractivity contribution in [2.45, 2.75) is 55.2 Å². The maximum Gasteiger partial charge on any atom is 0.122 e. The lowest BCUT2D eigenvalue weighted by Crippen LogP contribution is -2.57. The van der Waals surface area contributed by atoms with E-state index in [0.29, 0.717) is 5.92 Å². The SMILES string of the molecule is C[C@]1(CSC(c2ccccc2)(c2ccccc2)c2ccccc2)OO[C@@H]2C[C@H]1CC[C@@]2(C)O. The van der Waals surface area contributed by atoms with E-state index in [1.165, 1.54) is 16.7 Å². The van der Waals surface area contributed by atoms with Gasteiger partial charge in [0.2, 0.25) is 0 Å². The fraction of sp³-hybridized carbons (Fsp3) is 0.379. The fourth-order valence-corrected chi connectivity index (χ4v) is 7.05. The third-order valence-corrected chi connectivity index (χ3v) is 9.38. The fourth-order valence-electron chi connectivity index (χ4n) is 5.35. The average Bonchev–Trinajstić information content (AvgIpc) is 2.86. The first kappa shape index (κ1) is 22.7. The Morgan fingerprint density at radius 3 is 1.82 bits per heavy atom. The quantitative estimate of drug-likeness (QED) is 0.344. The van der Waals surface area contributed by atoms with Crippen molar-refractivity contribution in [2.75, 3.05) is 5.75 Å². The molecule has 2 bridgehead atoms. The molecule has 0 radical (unpaired) electrons. The highest BCUT2D eigenvalue weighted by Gasteiger charge is 2.53. The van der Waals surface area contributed by atoms with Crippen LogP contribution in [0, 0.1) is 5.92 Å². The van der Waals surface area contributed by atoms with Crippen LogP contribution in [0.5, 0.6) is 0 Å². The molecule has 1 saturated carbocycles. The molecular formula is C29H32O3S. The molecule has 1 aliphatic carbocycles. The van der Waals surface area contributed by atoms with Crippen LogP contribution >= 0.6 is 11.8 Å². The average molecular weight is 461 g/mol. The first-order valence-electron chi connectivity index (χ1n) is 11.8. The van der Waals surface area contributed by atoms with E-state index in [1.807, 2.05) is 18.7 Å². The molecule has 2 fully saturated rings. The summed E-state index contributed by atoms with van der Waals surface area (Å²) in [5.41, 5.74) is 2.50. The second-order valence-electron chi connectivity index (χ2n) is 9.88. The minimum Gasteiger partial charge on any atom is -0.387 e. The van der Waals surface area contributed by atoms with E-state index in [1.54, 1.807) is 0 Å². The van der Waals surface area contributed by atoms with Crippen molar-refractivity contribution in [1.82, 2.24) is 0 Å². The van der Waals surface area contributed by atoms with Crippen molar-refractivity contribution in [3.63, 3.8) is 0 Å². The monoisotopic (exact) mass is 460 g/mol. The second-order valence-corrected chi connectivity index (χ2v) is 11.1. The Hall–Kier alpha value is -2.11. The molecular weight excluding hydrogens is 428 g/mol. The summed E-state index contributed by atoms with van der Waals surface area (Å²) in [6.07, 6.45) is 2.27. The molecule has 2 aliphatic rings. The Morgan fingerprint density at radius 2 is 1.33 bits per heavy atom. The Balaban J connectivity index is 1.55. The maximum atomic E-state index is 10.7. The smallest absolute Gasteiger partial charge is 0.122 e. The van der Waals surface area contributed by atoms with Gasteiger partial charge in [-0.25, -0.2) is 9.78 Å². The zero-order valence-corrected chi connectivity index (χ0v) is 20.1. The van der Waals surface area contributed by atoms with E-state index >= 15 is 0 Å². The van der Waals surface area contributed by atoms with Crippen LogP contribution in [-0.4, -0.2) is 28.2 Å². The summed E-state index contributed by atoms with van der Waals surface area (Å²) in [5, 5.41) is 10.7. The summed E-state index contributed by atoms with van der Waals surface area (Å²) in [6, 6.07) is 32.3. The Labute approximate surface area is 201 Å². The van der Waals surface area contributed by atoms with E-state index in [-0.39, 0.29) is 10.9 Å². The molecule has 1 aliphatic heterocycles. The molecule has 3 nitrogen and oxygen atoms in total. The van der Waals surface area contributed by atoms with Crippen molar-refractivity contribution in [2.24, 2.45) is 5.92 Å². The van der Waals surface area contributed by atoms with Gasteiger partial charge < -0.3 is 5.11 Å². The van der Waals surface area contributed by atoms with Crippen LogP contribution in [0.2, 0.25) is 0 Å². The maximum absolute atomic E-state index is 10.7. The Morgan fingerprint density at radius 1 is 0.848 bits per heavy atom. The van der Waals surface area contributed by atoms with E-state index in [2.05, 4.69) is 97.9 Å². The summed E-state index contributed by atoms with van der Waals surface area (Å²) in [7, 11) is 0. The zero-order valence-electron chi connectivity index (χ0n) is 19.3. The van der Waals surface area contributed by atoms with Gasteiger partial charge in [-0.2, -0.15) is 0 Å². The van der Waals surface area contributed by atoms with Crippen LogP contribution in [-0.2, 0) is 14.5 Å². The lowest BCUT2D eigenvalue weighted by molar-refractivity contribution is -0.441. The molecule has 0 aromatic heterocycles. The van der Waals surface area contributed by atoms with Gasteiger partial charge in [0.25, 0.3) is 0 Å². The van der Waals surface area contributed by atoms with Crippen molar-refractivity contribution >= 4 is 11.8 Å². The first-order valence-corrected chi connectivity index (χ1v) is 12.8. The number of rotatable bonds is 6. The van der Waals surface area contributed by atoms with Gasteiger partial charge in [-0.05, 0) is 55.7 Å². The summed E-state index contributed by atoms with van der Waals surface area (Å²) in [5.74, 6) is 1.12. The molecule has 33 heavy (non-hydrogen) atoms. The third-order valence-electron chi connectivity index (χ3n) is 7.53. The van der Waals surface area contributed by atoms with E-state index in [9.17, 15) is 5.11 Å². The molecule has 4 atom stereocenters. The van der Waals surface area contributed by atoms with Crippen molar-refractivity contribution in [1.29, 1.82) is 0 Å². The van der Waals surface area contributed by atoms with Gasteiger partial charge in [0.15, 0.2) is 0 Å². The van der Waals surface area contributed by atoms with Gasteiger partial charge >= 0.3 is 0 Å². The highest BCUT2D eigenvalue weighted by Crippen LogP contribution is 2.53. The van der Waals surface area contributed by atoms with Crippen LogP contribution in [0.1, 0.15) is 49.8 Å². The van der Waals surface area contributed by atoms with Crippen LogP contribution in [0.25, 0.3) is 0 Å². The first-order chi connectivity index (χ1) is 15.9. The van der Waals surface area contributed by atoms with Gasteiger partial charge in [0, 0.05) is 5.75 Å². The molecule has 172 valence electrons. The number of hydrogen-bond donors (Lipinski definition) is 1. The van der Waals surface area contributed by atoms with Gasteiger partial charge in [-0.1, -0.05) is 91.0 Å². The Kier molecular flexibility index (Phi) is 6.13. The normalized spacial score (nSPS) is 29.5. The summed E-state index contributed by atoms with van der Waals surface area (Å²) < 4.78 is -0.382. The molecule has 1 heterocycles. The van der Waals surface area contributed by atoms with Crippen molar-refractivity contribution in [3.8, 4) is 0 Å². The van der Waals surface area contributed by atoms with Gasteiger partial charge in [0.1, 0.15) is 11.7 Å². The topological polar surface area (TPSA) is 38.7 Å². The van der Waals surface area contributed by atoms with Gasteiger partial charge in [0.05, 0.1) is 10.3 Å². The number of benzene rings is 3. The third kappa shape index (κ3) is 4.15. The molecule has 0 amide bonds. The second kappa shape index (κ2) is 8.92. The summed E-state index contributed by atoms with van der Waals surface area (Å²) >= 11 is 1.91. The molecule has 4 heteroatoms. The predicted molar refractivity (Wildman–Crippen MR) is 134 cm³/mol. The molecule has 1 saturated heterocycles. The number of aliphatic hydroxyl groups is 1.